The maximum Gasteiger partial charge on any atom is 0.164 e. The first-order valence-electron chi connectivity index (χ1n) is 14.0. The van der Waals surface area contributed by atoms with Crippen LogP contribution in [0.2, 0.25) is 0 Å². The summed E-state index contributed by atoms with van der Waals surface area (Å²) in [5, 5.41) is 4.72. The number of fused-ring (bicyclic) bond motifs is 5. The lowest BCUT2D eigenvalue weighted by atomic mass is 9.82. The molecule has 0 unspecified atom stereocenters. The molecule has 0 fully saturated rings. The quantitative estimate of drug-likeness (QED) is 0.231. The summed E-state index contributed by atoms with van der Waals surface area (Å²) in [6.07, 6.45) is 0. The van der Waals surface area contributed by atoms with Crippen molar-refractivity contribution in [1.29, 1.82) is 0 Å². The van der Waals surface area contributed by atoms with E-state index in [9.17, 15) is 0 Å². The minimum absolute atomic E-state index is 0.0999. The van der Waals surface area contributed by atoms with Crippen LogP contribution in [0.1, 0.15) is 25.0 Å². The van der Waals surface area contributed by atoms with Gasteiger partial charge in [-0.2, -0.15) is 0 Å². The molecule has 0 saturated carbocycles. The lowest BCUT2D eigenvalue weighted by Gasteiger charge is -2.21. The van der Waals surface area contributed by atoms with Crippen molar-refractivity contribution in [1.82, 2.24) is 15.0 Å². The van der Waals surface area contributed by atoms with Gasteiger partial charge in [-0.05, 0) is 62.0 Å². The fourth-order valence-electron chi connectivity index (χ4n) is 6.26. The Morgan fingerprint density at radius 2 is 0.829 bits per heavy atom. The van der Waals surface area contributed by atoms with Crippen molar-refractivity contribution in [3.63, 3.8) is 0 Å². The molecule has 0 radical (unpaired) electrons. The molecule has 7 aromatic rings. The summed E-state index contributed by atoms with van der Waals surface area (Å²) in [5.74, 6) is 2.03. The van der Waals surface area contributed by atoms with Crippen molar-refractivity contribution in [2.75, 3.05) is 0 Å². The van der Waals surface area contributed by atoms with Gasteiger partial charge >= 0.3 is 0 Å². The zero-order chi connectivity index (χ0) is 27.6. The van der Waals surface area contributed by atoms with Gasteiger partial charge in [-0.15, -0.1) is 0 Å². The monoisotopic (exact) mass is 525 g/mol. The molecule has 6 aromatic carbocycles. The SMILES string of the molecule is CC1(C)c2ccccc2-c2ccc(-c3nc(-c4ccc5ccccc5c4)nc(-c4ccc5ccccc5c4)n3)cc21. The lowest BCUT2D eigenvalue weighted by molar-refractivity contribution is 0.660. The first kappa shape index (κ1) is 23.7. The van der Waals surface area contributed by atoms with Gasteiger partial charge < -0.3 is 0 Å². The zero-order valence-electron chi connectivity index (χ0n) is 23.0. The second kappa shape index (κ2) is 8.94. The van der Waals surface area contributed by atoms with E-state index < -0.39 is 0 Å². The molecular weight excluding hydrogens is 498 g/mol. The van der Waals surface area contributed by atoms with Gasteiger partial charge in [-0.1, -0.05) is 123 Å². The van der Waals surface area contributed by atoms with E-state index in [2.05, 4.69) is 141 Å². The van der Waals surface area contributed by atoms with Crippen LogP contribution >= 0.6 is 0 Å². The van der Waals surface area contributed by atoms with Crippen LogP contribution in [0.5, 0.6) is 0 Å². The molecule has 0 amide bonds. The second-order valence-electron chi connectivity index (χ2n) is 11.4. The van der Waals surface area contributed by atoms with E-state index in [-0.39, 0.29) is 5.41 Å². The Labute approximate surface area is 239 Å². The molecule has 0 N–H and O–H groups in total. The average Bonchev–Trinajstić information content (AvgIpc) is 3.26. The van der Waals surface area contributed by atoms with Crippen LogP contribution in [0.3, 0.4) is 0 Å². The van der Waals surface area contributed by atoms with Crippen LogP contribution < -0.4 is 0 Å². The molecule has 1 aromatic heterocycles. The molecule has 41 heavy (non-hydrogen) atoms. The normalized spacial score (nSPS) is 13.3. The molecule has 1 aliphatic carbocycles. The van der Waals surface area contributed by atoms with E-state index in [0.717, 1.165) is 27.5 Å². The van der Waals surface area contributed by atoms with Gasteiger partial charge in [-0.25, -0.2) is 15.0 Å². The van der Waals surface area contributed by atoms with Crippen molar-refractivity contribution in [2.24, 2.45) is 0 Å². The number of benzene rings is 6. The molecule has 0 aliphatic heterocycles. The van der Waals surface area contributed by atoms with Gasteiger partial charge in [-0.3, -0.25) is 0 Å². The molecule has 1 heterocycles. The summed E-state index contributed by atoms with van der Waals surface area (Å²) in [6, 6.07) is 45.0. The summed E-state index contributed by atoms with van der Waals surface area (Å²) < 4.78 is 0. The molecule has 0 spiro atoms. The van der Waals surface area contributed by atoms with Crippen molar-refractivity contribution in [3.8, 4) is 45.3 Å². The molecule has 0 bridgehead atoms. The van der Waals surface area contributed by atoms with Gasteiger partial charge in [0.1, 0.15) is 0 Å². The van der Waals surface area contributed by atoms with Gasteiger partial charge in [0.25, 0.3) is 0 Å². The summed E-state index contributed by atoms with van der Waals surface area (Å²) in [6.45, 7) is 4.60. The number of hydrogen-bond donors (Lipinski definition) is 0. The van der Waals surface area contributed by atoms with E-state index in [1.54, 1.807) is 0 Å². The topological polar surface area (TPSA) is 38.7 Å². The standard InChI is InChI=1S/C38H27N3/c1-38(2)33-14-8-7-13-31(33)32-20-19-30(23-34(32)38)37-40-35(28-17-15-24-9-3-5-11-26(24)21-28)39-36(41-37)29-18-16-25-10-4-6-12-27(25)22-29/h3-23H,1-2H3. The van der Waals surface area contributed by atoms with E-state index in [0.29, 0.717) is 17.5 Å². The fourth-order valence-corrected chi connectivity index (χ4v) is 6.26. The Morgan fingerprint density at radius 3 is 1.41 bits per heavy atom. The maximum absolute atomic E-state index is 5.07. The molecule has 1 aliphatic rings. The molecule has 0 atom stereocenters. The largest absolute Gasteiger partial charge is 0.208 e. The number of rotatable bonds is 3. The van der Waals surface area contributed by atoms with Crippen LogP contribution in [-0.4, -0.2) is 15.0 Å². The van der Waals surface area contributed by atoms with Gasteiger partial charge in [0.05, 0.1) is 0 Å². The van der Waals surface area contributed by atoms with Crippen LogP contribution in [0.15, 0.2) is 127 Å². The third kappa shape index (κ3) is 3.85. The van der Waals surface area contributed by atoms with Crippen molar-refractivity contribution in [3.05, 3.63) is 139 Å². The van der Waals surface area contributed by atoms with Gasteiger partial charge in [0.15, 0.2) is 17.5 Å². The number of hydrogen-bond acceptors (Lipinski definition) is 3. The lowest BCUT2D eigenvalue weighted by Crippen LogP contribution is -2.15. The van der Waals surface area contributed by atoms with Gasteiger partial charge in [0.2, 0.25) is 0 Å². The second-order valence-corrected chi connectivity index (χ2v) is 11.4. The molecule has 194 valence electrons. The smallest absolute Gasteiger partial charge is 0.164 e. The maximum atomic E-state index is 5.07. The first-order valence-corrected chi connectivity index (χ1v) is 14.0. The average molecular weight is 526 g/mol. The van der Waals surface area contributed by atoms with E-state index in [1.807, 2.05) is 0 Å². The van der Waals surface area contributed by atoms with E-state index >= 15 is 0 Å². The highest BCUT2D eigenvalue weighted by Gasteiger charge is 2.35. The Kier molecular flexibility index (Phi) is 5.17. The van der Waals surface area contributed by atoms with Crippen molar-refractivity contribution >= 4 is 21.5 Å². The van der Waals surface area contributed by atoms with Crippen LogP contribution in [0.4, 0.5) is 0 Å². The molecule has 8 rings (SSSR count). The predicted octanol–water partition coefficient (Wildman–Crippen LogP) is 9.49. The Hall–Kier alpha value is -5.15. The third-order valence-corrected chi connectivity index (χ3v) is 8.49. The third-order valence-electron chi connectivity index (χ3n) is 8.49. The molecule has 3 nitrogen and oxygen atoms in total. The zero-order valence-corrected chi connectivity index (χ0v) is 23.0. The Morgan fingerprint density at radius 1 is 0.390 bits per heavy atom. The summed E-state index contributed by atoms with van der Waals surface area (Å²) in [4.78, 5) is 15.2. The van der Waals surface area contributed by atoms with E-state index in [4.69, 9.17) is 15.0 Å². The summed E-state index contributed by atoms with van der Waals surface area (Å²) in [7, 11) is 0. The fraction of sp³-hybridized carbons (Fsp3) is 0.0789. The minimum Gasteiger partial charge on any atom is -0.208 e. The molecular formula is C38H27N3. The van der Waals surface area contributed by atoms with Crippen molar-refractivity contribution in [2.45, 2.75) is 19.3 Å². The highest BCUT2D eigenvalue weighted by molar-refractivity contribution is 5.88. The minimum atomic E-state index is -0.0999. The van der Waals surface area contributed by atoms with Gasteiger partial charge in [0, 0.05) is 22.1 Å². The molecule has 3 heteroatoms. The predicted molar refractivity (Wildman–Crippen MR) is 169 cm³/mol. The number of nitrogens with zero attached hydrogens (tertiary/aromatic N) is 3. The Bertz CT molecular complexity index is 2040. The van der Waals surface area contributed by atoms with Crippen LogP contribution in [-0.2, 0) is 5.41 Å². The van der Waals surface area contributed by atoms with E-state index in [1.165, 1.54) is 33.0 Å². The van der Waals surface area contributed by atoms with Crippen molar-refractivity contribution < 1.29 is 0 Å². The highest BCUT2D eigenvalue weighted by atomic mass is 15.0. The Balaban J connectivity index is 1.33. The summed E-state index contributed by atoms with van der Waals surface area (Å²) in [5.41, 5.74) is 8.10. The van der Waals surface area contributed by atoms with Crippen LogP contribution in [0.25, 0.3) is 66.8 Å². The first-order chi connectivity index (χ1) is 20.0. The molecule has 0 saturated heterocycles. The number of aromatic nitrogens is 3. The van der Waals surface area contributed by atoms with Crippen LogP contribution in [0, 0.1) is 0 Å². The summed E-state index contributed by atoms with van der Waals surface area (Å²) >= 11 is 0. The highest BCUT2D eigenvalue weighted by Crippen LogP contribution is 2.49.